The molecule has 0 spiro atoms. The molecule has 2 amide bonds. The molecule has 0 bridgehead atoms. The van der Waals surface area contributed by atoms with Gasteiger partial charge in [-0.25, -0.2) is 4.99 Å². The van der Waals surface area contributed by atoms with Gasteiger partial charge in [0, 0.05) is 35.8 Å². The zero-order valence-corrected chi connectivity index (χ0v) is 30.8. The summed E-state index contributed by atoms with van der Waals surface area (Å²) in [6.45, 7) is 15.6. The number of hydrogen-bond donors (Lipinski definition) is 2. The first-order chi connectivity index (χ1) is 22.4. The second kappa shape index (κ2) is 20.9. The Bertz CT molecular complexity index is 1300. The van der Waals surface area contributed by atoms with E-state index >= 15 is 0 Å². The first kappa shape index (κ1) is 40.0. The van der Waals surface area contributed by atoms with Gasteiger partial charge in [-0.2, -0.15) is 0 Å². The van der Waals surface area contributed by atoms with Crippen LogP contribution in [0.15, 0.2) is 47.5 Å². The minimum atomic E-state index is -0.834. The van der Waals surface area contributed by atoms with Gasteiger partial charge in [-0.1, -0.05) is 110 Å². The predicted octanol–water partition coefficient (Wildman–Crippen LogP) is 10.8. The highest BCUT2D eigenvalue weighted by Gasteiger charge is 2.31. The van der Waals surface area contributed by atoms with Crippen LogP contribution < -0.4 is 15.5 Å². The lowest BCUT2D eigenvalue weighted by atomic mass is 9.87. The zero-order chi connectivity index (χ0) is 34.8. The minimum Gasteiger partial charge on any atom is -0.372 e. The van der Waals surface area contributed by atoms with Crippen molar-refractivity contribution in [2.45, 2.75) is 126 Å². The Labute approximate surface area is 289 Å². The number of benzene rings is 2. The third-order valence-corrected chi connectivity index (χ3v) is 8.83. The molecule has 8 heteroatoms. The van der Waals surface area contributed by atoms with E-state index in [2.05, 4.69) is 48.2 Å². The summed E-state index contributed by atoms with van der Waals surface area (Å²) in [5.74, 6) is -1.11. The lowest BCUT2D eigenvalue weighted by molar-refractivity contribution is -0.121. The summed E-state index contributed by atoms with van der Waals surface area (Å²) in [5, 5.41) is 6.17. The SMILES string of the molecule is CCCCCCCCC(CCCCCC)C(=O)Nc1ccc(Cl)c(NC(=O)C(=Nc2ccc(N(CC)CC)cc2)C(=O)C(C)(C)C)c1. The molecule has 0 aliphatic rings. The molecular weight excluding hydrogens is 608 g/mol. The molecule has 1 atom stereocenters. The number of nitrogens with one attached hydrogen (secondary N) is 2. The maximum Gasteiger partial charge on any atom is 0.278 e. The molecule has 0 heterocycles. The van der Waals surface area contributed by atoms with Gasteiger partial charge < -0.3 is 15.5 Å². The van der Waals surface area contributed by atoms with Gasteiger partial charge in [0.25, 0.3) is 5.91 Å². The Morgan fingerprint density at radius 1 is 0.766 bits per heavy atom. The van der Waals surface area contributed by atoms with E-state index in [9.17, 15) is 14.4 Å². The van der Waals surface area contributed by atoms with Gasteiger partial charge in [-0.05, 0) is 69.2 Å². The Morgan fingerprint density at radius 2 is 1.32 bits per heavy atom. The molecule has 0 aliphatic carbocycles. The Kier molecular flexibility index (Phi) is 17.8. The van der Waals surface area contributed by atoms with Gasteiger partial charge in [0.15, 0.2) is 11.5 Å². The number of Topliss-reactive ketones (excluding diaryl/α,β-unsaturated/α-hetero) is 1. The monoisotopic (exact) mass is 666 g/mol. The first-order valence-electron chi connectivity index (χ1n) is 17.8. The van der Waals surface area contributed by atoms with Crippen molar-refractivity contribution in [2.24, 2.45) is 16.3 Å². The van der Waals surface area contributed by atoms with Crippen LogP contribution in [0.25, 0.3) is 0 Å². The van der Waals surface area contributed by atoms with Crippen molar-refractivity contribution < 1.29 is 14.4 Å². The summed E-state index contributed by atoms with van der Waals surface area (Å²) in [4.78, 5) is 47.3. The predicted molar refractivity (Wildman–Crippen MR) is 201 cm³/mol. The summed E-state index contributed by atoms with van der Waals surface area (Å²) >= 11 is 6.51. The summed E-state index contributed by atoms with van der Waals surface area (Å²) in [6.07, 6.45) is 13.4. The number of unbranched alkanes of at least 4 members (excludes halogenated alkanes) is 8. The third-order valence-electron chi connectivity index (χ3n) is 8.50. The number of nitrogens with zero attached hydrogens (tertiary/aromatic N) is 2. The molecule has 0 aromatic heterocycles. The molecule has 2 aromatic carbocycles. The molecule has 260 valence electrons. The van der Waals surface area contributed by atoms with E-state index in [1.54, 1.807) is 39.0 Å². The standard InChI is InChI=1S/C39H59ClN4O3/c1-8-12-14-16-17-19-21-29(20-18-15-13-9-2)37(46)42-31-24-27-33(40)34(28-31)43-38(47)35(36(45)39(5,6)7)41-30-22-25-32(26-23-30)44(10-3)11-4/h22-29H,8-21H2,1-7H3,(H,42,46)(H,43,47). The van der Waals surface area contributed by atoms with Crippen molar-refractivity contribution >= 4 is 57.7 Å². The fourth-order valence-corrected chi connectivity index (χ4v) is 5.70. The molecule has 2 aromatic rings. The van der Waals surface area contributed by atoms with Gasteiger partial charge >= 0.3 is 0 Å². The first-order valence-corrected chi connectivity index (χ1v) is 18.2. The number of aliphatic imine (C=N–C) groups is 1. The van der Waals surface area contributed by atoms with Crippen LogP contribution in [0.1, 0.15) is 126 Å². The van der Waals surface area contributed by atoms with Crippen LogP contribution in [0.4, 0.5) is 22.7 Å². The number of amides is 2. The molecule has 1 unspecified atom stereocenters. The van der Waals surface area contributed by atoms with Crippen molar-refractivity contribution in [1.29, 1.82) is 0 Å². The molecule has 0 saturated carbocycles. The number of anilines is 3. The highest BCUT2D eigenvalue weighted by atomic mass is 35.5. The quantitative estimate of drug-likeness (QED) is 0.0788. The Hall–Kier alpha value is -3.19. The number of rotatable bonds is 21. The fraction of sp³-hybridized carbons (Fsp3) is 0.590. The molecular formula is C39H59ClN4O3. The molecule has 0 aliphatic heterocycles. The van der Waals surface area contributed by atoms with Crippen LogP contribution in [0.3, 0.4) is 0 Å². The molecule has 0 fully saturated rings. The normalized spacial score (nSPS) is 12.5. The van der Waals surface area contributed by atoms with Crippen molar-refractivity contribution in [3.8, 4) is 0 Å². The van der Waals surface area contributed by atoms with Gasteiger partial charge in [0.1, 0.15) is 0 Å². The summed E-state index contributed by atoms with van der Waals surface area (Å²) in [6, 6.07) is 12.5. The summed E-state index contributed by atoms with van der Waals surface area (Å²) < 4.78 is 0. The van der Waals surface area contributed by atoms with Crippen LogP contribution in [-0.4, -0.2) is 36.4 Å². The maximum atomic E-state index is 13.6. The van der Waals surface area contributed by atoms with Crippen LogP contribution in [0.2, 0.25) is 5.02 Å². The van der Waals surface area contributed by atoms with Crippen LogP contribution in [0.5, 0.6) is 0 Å². The average Bonchev–Trinajstić information content (AvgIpc) is 3.04. The lowest BCUT2D eigenvalue weighted by Crippen LogP contribution is -2.37. The molecule has 0 saturated heterocycles. The number of carbonyl (C=O) groups is 3. The van der Waals surface area contributed by atoms with E-state index in [1.165, 1.54) is 32.1 Å². The summed E-state index contributed by atoms with van der Waals surface area (Å²) in [5.41, 5.74) is 1.36. The minimum absolute atomic E-state index is 0.00650. The fourth-order valence-electron chi connectivity index (χ4n) is 5.54. The number of hydrogen-bond acceptors (Lipinski definition) is 5. The van der Waals surface area contributed by atoms with Crippen LogP contribution >= 0.6 is 11.6 Å². The molecule has 2 rings (SSSR count). The van der Waals surface area contributed by atoms with Gasteiger partial charge in [0.2, 0.25) is 5.91 Å². The van der Waals surface area contributed by atoms with E-state index in [0.717, 1.165) is 63.7 Å². The second-order valence-corrected chi connectivity index (χ2v) is 13.9. The van der Waals surface area contributed by atoms with Gasteiger partial charge in [-0.3, -0.25) is 14.4 Å². The average molecular weight is 667 g/mol. The highest BCUT2D eigenvalue weighted by molar-refractivity contribution is 6.68. The second-order valence-electron chi connectivity index (χ2n) is 13.5. The van der Waals surface area contributed by atoms with Crippen molar-refractivity contribution in [3.63, 3.8) is 0 Å². The topological polar surface area (TPSA) is 90.9 Å². The van der Waals surface area contributed by atoms with Crippen molar-refractivity contribution in [1.82, 2.24) is 0 Å². The van der Waals surface area contributed by atoms with Crippen LogP contribution in [0, 0.1) is 11.3 Å². The van der Waals surface area contributed by atoms with E-state index in [1.807, 2.05) is 24.3 Å². The Balaban J connectivity index is 2.25. The van der Waals surface area contributed by atoms with Gasteiger partial charge in [-0.15, -0.1) is 0 Å². The van der Waals surface area contributed by atoms with E-state index < -0.39 is 11.3 Å². The molecule has 47 heavy (non-hydrogen) atoms. The summed E-state index contributed by atoms with van der Waals surface area (Å²) in [7, 11) is 0. The van der Waals surface area contributed by atoms with E-state index in [4.69, 9.17) is 11.6 Å². The van der Waals surface area contributed by atoms with Crippen molar-refractivity contribution in [2.75, 3.05) is 28.6 Å². The van der Waals surface area contributed by atoms with E-state index in [-0.39, 0.29) is 23.3 Å². The highest BCUT2D eigenvalue weighted by Crippen LogP contribution is 2.29. The van der Waals surface area contributed by atoms with Crippen LogP contribution in [-0.2, 0) is 14.4 Å². The molecule has 2 N–H and O–H groups in total. The molecule has 0 radical (unpaired) electrons. The smallest absolute Gasteiger partial charge is 0.278 e. The van der Waals surface area contributed by atoms with Crippen molar-refractivity contribution in [3.05, 3.63) is 47.5 Å². The third kappa shape index (κ3) is 13.8. The largest absolute Gasteiger partial charge is 0.372 e. The van der Waals surface area contributed by atoms with E-state index in [0.29, 0.717) is 22.1 Å². The van der Waals surface area contributed by atoms with Gasteiger partial charge in [0.05, 0.1) is 16.4 Å². The Morgan fingerprint density at radius 3 is 1.87 bits per heavy atom. The number of halogens is 1. The number of carbonyl (C=O) groups excluding carboxylic acids is 3. The zero-order valence-electron chi connectivity index (χ0n) is 30.0. The number of ketones is 1. The maximum absolute atomic E-state index is 13.6. The lowest BCUT2D eigenvalue weighted by Gasteiger charge is -2.21. The molecule has 7 nitrogen and oxygen atoms in total.